The number of benzene rings is 10. The third kappa shape index (κ3) is 5.79. The summed E-state index contributed by atoms with van der Waals surface area (Å²) in [5.41, 5.74) is 26.8. The van der Waals surface area contributed by atoms with Crippen molar-refractivity contribution in [2.75, 3.05) is 0 Å². The van der Waals surface area contributed by atoms with Crippen LogP contribution >= 0.6 is 0 Å². The Hall–Kier alpha value is -8.20. The molecule has 0 amide bonds. The maximum Gasteiger partial charge on any atom is 0.0541 e. The van der Waals surface area contributed by atoms with E-state index in [1.54, 1.807) is 0 Å². The average molecular weight is 883 g/mol. The fourth-order valence-electron chi connectivity index (χ4n) is 12.3. The molecule has 0 atom stereocenters. The highest BCUT2D eigenvalue weighted by Gasteiger charge is 2.42. The average Bonchev–Trinajstić information content (AvgIpc) is 4.04. The van der Waals surface area contributed by atoms with Crippen molar-refractivity contribution in [2.24, 2.45) is 0 Å². The number of nitrogens with zero attached hydrogens (tertiary/aromatic N) is 2. The summed E-state index contributed by atoms with van der Waals surface area (Å²) in [6.07, 6.45) is 0. The lowest BCUT2D eigenvalue weighted by Gasteiger charge is -2.24. The zero-order valence-electron chi connectivity index (χ0n) is 39.6. The quantitative estimate of drug-likeness (QED) is 0.163. The number of hydrogen-bond acceptors (Lipinski definition) is 0. The van der Waals surface area contributed by atoms with Crippen molar-refractivity contribution in [3.63, 3.8) is 0 Å². The van der Waals surface area contributed by atoms with Crippen LogP contribution in [-0.2, 0) is 10.8 Å². The molecular formula is C67H50N2. The molecule has 0 unspecified atom stereocenters. The fraction of sp³-hybridized carbons (Fsp3) is 0.104. The van der Waals surface area contributed by atoms with E-state index in [0.717, 1.165) is 0 Å². The van der Waals surface area contributed by atoms with Gasteiger partial charge in [0.05, 0.1) is 22.1 Å². The first kappa shape index (κ1) is 39.9. The Morgan fingerprint density at radius 3 is 1.14 bits per heavy atom. The van der Waals surface area contributed by atoms with Crippen LogP contribution in [0.1, 0.15) is 55.5 Å². The van der Waals surface area contributed by atoms with E-state index in [1.165, 1.54) is 138 Å². The molecule has 69 heavy (non-hydrogen) atoms. The highest BCUT2D eigenvalue weighted by Crippen LogP contribution is 2.57. The van der Waals surface area contributed by atoms with E-state index in [2.05, 4.69) is 256 Å². The summed E-state index contributed by atoms with van der Waals surface area (Å²) in [6, 6.07) is 79.7. The molecule has 2 nitrogen and oxygen atoms in total. The summed E-state index contributed by atoms with van der Waals surface area (Å²) in [5.74, 6) is 0. The van der Waals surface area contributed by atoms with Gasteiger partial charge < -0.3 is 9.13 Å². The number of aryl methyl sites for hydroxylation is 1. The van der Waals surface area contributed by atoms with Gasteiger partial charge in [0.2, 0.25) is 0 Å². The van der Waals surface area contributed by atoms with Crippen molar-refractivity contribution in [3.8, 4) is 67.0 Å². The first-order valence-corrected chi connectivity index (χ1v) is 24.4. The van der Waals surface area contributed by atoms with E-state index in [0.29, 0.717) is 0 Å². The lowest BCUT2D eigenvalue weighted by molar-refractivity contribution is 0.652. The molecule has 0 saturated heterocycles. The van der Waals surface area contributed by atoms with Gasteiger partial charge in [0.1, 0.15) is 0 Å². The lowest BCUT2D eigenvalue weighted by Crippen LogP contribution is -2.17. The molecule has 0 spiro atoms. The summed E-state index contributed by atoms with van der Waals surface area (Å²) in [5, 5.41) is 5.10. The highest BCUT2D eigenvalue weighted by molar-refractivity contribution is 6.12. The van der Waals surface area contributed by atoms with E-state index in [4.69, 9.17) is 0 Å². The standard InChI is InChI=1S/C67H50N2/c1-41-19-29-49(30-20-41)69-63-18-12-10-16-53(63)57-36-45(28-34-65(57)69)47-26-32-51-55-40-60-54(39-61(55)67(4,5)59(51)38-47)50-31-25-46(37-58(50)66(60,2)3)43-23-21-42(22-24-43)44-27-33-64-56(35-44)52-15-9-11-17-62(52)68(64)48-13-7-6-8-14-48/h6-40H,1-5H3. The van der Waals surface area contributed by atoms with Crippen LogP contribution in [-0.4, -0.2) is 9.13 Å². The second-order valence-corrected chi connectivity index (χ2v) is 20.6. The molecule has 0 N–H and O–H groups in total. The second kappa shape index (κ2) is 14.4. The summed E-state index contributed by atoms with van der Waals surface area (Å²) >= 11 is 0. The van der Waals surface area contributed by atoms with Crippen LogP contribution in [0.3, 0.4) is 0 Å². The van der Waals surface area contributed by atoms with Crippen LogP contribution in [0.25, 0.3) is 111 Å². The lowest BCUT2D eigenvalue weighted by atomic mass is 9.79. The second-order valence-electron chi connectivity index (χ2n) is 20.6. The summed E-state index contributed by atoms with van der Waals surface area (Å²) in [7, 11) is 0. The maximum absolute atomic E-state index is 2.53. The third-order valence-corrected chi connectivity index (χ3v) is 16.0. The smallest absolute Gasteiger partial charge is 0.0541 e. The molecule has 2 aliphatic carbocycles. The van der Waals surface area contributed by atoms with Crippen LogP contribution < -0.4 is 0 Å². The zero-order valence-corrected chi connectivity index (χ0v) is 39.6. The van der Waals surface area contributed by atoms with Crippen LogP contribution in [0.2, 0.25) is 0 Å². The topological polar surface area (TPSA) is 9.86 Å². The number of rotatable bonds is 5. The largest absolute Gasteiger partial charge is 0.309 e. The molecule has 0 aliphatic heterocycles. The predicted octanol–water partition coefficient (Wildman–Crippen LogP) is 17.8. The Morgan fingerprint density at radius 2 is 0.638 bits per heavy atom. The van der Waals surface area contributed by atoms with Gasteiger partial charge in [-0.1, -0.05) is 161 Å². The fourth-order valence-corrected chi connectivity index (χ4v) is 12.3. The van der Waals surface area contributed by atoms with Gasteiger partial charge in [0, 0.05) is 43.7 Å². The Labute approximate surface area is 403 Å². The van der Waals surface area contributed by atoms with Gasteiger partial charge in [0.15, 0.2) is 0 Å². The Kier molecular flexibility index (Phi) is 8.33. The molecule has 2 aliphatic rings. The molecule has 12 aromatic rings. The van der Waals surface area contributed by atoms with Crippen LogP contribution in [0.5, 0.6) is 0 Å². The zero-order chi connectivity index (χ0) is 46.3. The number of para-hydroxylation sites is 3. The molecule has 0 radical (unpaired) electrons. The van der Waals surface area contributed by atoms with Crippen molar-refractivity contribution in [1.82, 2.24) is 9.13 Å². The third-order valence-electron chi connectivity index (χ3n) is 16.0. The minimum absolute atomic E-state index is 0.149. The Bertz CT molecular complexity index is 4100. The van der Waals surface area contributed by atoms with Gasteiger partial charge in [0.25, 0.3) is 0 Å². The van der Waals surface area contributed by atoms with Crippen LogP contribution in [0.4, 0.5) is 0 Å². The highest BCUT2D eigenvalue weighted by atomic mass is 15.0. The van der Waals surface area contributed by atoms with Gasteiger partial charge in [-0.25, -0.2) is 0 Å². The van der Waals surface area contributed by atoms with Crippen LogP contribution in [0.15, 0.2) is 212 Å². The van der Waals surface area contributed by atoms with E-state index in [9.17, 15) is 0 Å². The van der Waals surface area contributed by atoms with E-state index in [1.807, 2.05) is 0 Å². The monoisotopic (exact) mass is 882 g/mol. The summed E-state index contributed by atoms with van der Waals surface area (Å²) < 4.78 is 4.78. The molecule has 328 valence electrons. The van der Waals surface area contributed by atoms with Crippen molar-refractivity contribution < 1.29 is 0 Å². The Morgan fingerprint density at radius 1 is 0.275 bits per heavy atom. The van der Waals surface area contributed by atoms with Gasteiger partial charge >= 0.3 is 0 Å². The first-order chi connectivity index (χ1) is 33.6. The maximum atomic E-state index is 2.53. The molecule has 0 fully saturated rings. The minimum Gasteiger partial charge on any atom is -0.309 e. The van der Waals surface area contributed by atoms with Crippen molar-refractivity contribution in [2.45, 2.75) is 45.4 Å². The molecule has 2 heteroatoms. The van der Waals surface area contributed by atoms with E-state index >= 15 is 0 Å². The van der Waals surface area contributed by atoms with Gasteiger partial charge in [-0.15, -0.1) is 0 Å². The van der Waals surface area contributed by atoms with Crippen molar-refractivity contribution in [1.29, 1.82) is 0 Å². The molecule has 2 aromatic heterocycles. The number of aromatic nitrogens is 2. The van der Waals surface area contributed by atoms with Crippen LogP contribution in [0, 0.1) is 6.92 Å². The van der Waals surface area contributed by atoms with Crippen molar-refractivity contribution >= 4 is 43.6 Å². The summed E-state index contributed by atoms with van der Waals surface area (Å²) in [6.45, 7) is 11.8. The molecule has 0 bridgehead atoms. The number of hydrogen-bond donors (Lipinski definition) is 0. The predicted molar refractivity (Wildman–Crippen MR) is 291 cm³/mol. The molecule has 14 rings (SSSR count). The van der Waals surface area contributed by atoms with E-state index < -0.39 is 0 Å². The first-order valence-electron chi connectivity index (χ1n) is 24.4. The van der Waals surface area contributed by atoms with E-state index in [-0.39, 0.29) is 10.8 Å². The molecular weight excluding hydrogens is 833 g/mol. The molecule has 2 heterocycles. The molecule has 0 saturated carbocycles. The number of fused-ring (bicyclic) bond motifs is 12. The minimum atomic E-state index is -0.153. The van der Waals surface area contributed by atoms with Gasteiger partial charge in [-0.2, -0.15) is 0 Å². The normalized spacial score (nSPS) is 14.1. The van der Waals surface area contributed by atoms with Crippen molar-refractivity contribution in [3.05, 3.63) is 240 Å². The summed E-state index contributed by atoms with van der Waals surface area (Å²) in [4.78, 5) is 0. The Balaban J connectivity index is 0.782. The SMILES string of the molecule is Cc1ccc(-n2c3ccccc3c3cc(-c4ccc5c(c4)C(C)(C)c4cc6c(cc4-5)C(C)(C)c4cc(-c5ccc(-c7ccc8c(c7)c7ccccc7n8-c7ccccc7)cc5)ccc4-6)ccc32)cc1. The van der Waals surface area contributed by atoms with Gasteiger partial charge in [-0.3, -0.25) is 0 Å². The van der Waals surface area contributed by atoms with Gasteiger partial charge in [-0.05, 0) is 170 Å². The molecule has 10 aromatic carbocycles.